The smallest absolute Gasteiger partial charge is 0.410 e. The number of nitrogens with zero attached hydrogens (tertiary/aromatic N) is 1. The topological polar surface area (TPSA) is 55.6 Å². The number of ether oxygens (including phenoxy) is 1. The van der Waals surface area contributed by atoms with Crippen molar-refractivity contribution in [3.05, 3.63) is 0 Å². The molecule has 1 heterocycles. The van der Waals surface area contributed by atoms with Crippen LogP contribution in [0.1, 0.15) is 40.5 Å². The van der Waals surface area contributed by atoms with Gasteiger partial charge in [0, 0.05) is 25.0 Å². The Morgan fingerprint density at radius 1 is 1.39 bits per heavy atom. The van der Waals surface area contributed by atoms with Gasteiger partial charge in [-0.25, -0.2) is 13.6 Å². The highest BCUT2D eigenvalue weighted by Crippen LogP contribution is 2.31. The number of nitrogens with two attached hydrogens (primary N) is 1. The summed E-state index contributed by atoms with van der Waals surface area (Å²) in [7, 11) is 0. The zero-order valence-corrected chi connectivity index (χ0v) is 11.4. The van der Waals surface area contributed by atoms with Crippen molar-refractivity contribution in [2.75, 3.05) is 13.1 Å². The summed E-state index contributed by atoms with van der Waals surface area (Å²) in [6.45, 7) is 6.61. The summed E-state index contributed by atoms with van der Waals surface area (Å²) in [5, 5.41) is 0. The molecule has 0 spiro atoms. The van der Waals surface area contributed by atoms with Crippen molar-refractivity contribution in [1.82, 2.24) is 4.90 Å². The minimum absolute atomic E-state index is 0.116. The van der Waals surface area contributed by atoms with E-state index in [9.17, 15) is 13.6 Å². The van der Waals surface area contributed by atoms with Gasteiger partial charge in [-0.1, -0.05) is 0 Å². The zero-order valence-electron chi connectivity index (χ0n) is 11.4. The van der Waals surface area contributed by atoms with Crippen LogP contribution in [0.4, 0.5) is 13.6 Å². The third-order valence-corrected chi connectivity index (χ3v) is 2.70. The lowest BCUT2D eigenvalue weighted by Crippen LogP contribution is -2.47. The molecule has 0 aromatic rings. The lowest BCUT2D eigenvalue weighted by Gasteiger charge is -2.28. The van der Waals surface area contributed by atoms with Crippen molar-refractivity contribution < 1.29 is 18.3 Å². The van der Waals surface area contributed by atoms with Gasteiger partial charge in [-0.3, -0.25) is 0 Å². The molecule has 1 aliphatic heterocycles. The van der Waals surface area contributed by atoms with Gasteiger partial charge < -0.3 is 15.4 Å². The summed E-state index contributed by atoms with van der Waals surface area (Å²) < 4.78 is 31.2. The second kappa shape index (κ2) is 4.64. The molecule has 1 atom stereocenters. The Morgan fingerprint density at radius 3 is 2.39 bits per heavy atom. The summed E-state index contributed by atoms with van der Waals surface area (Å²) in [4.78, 5) is 13.2. The SMILES string of the molecule is CC(F)(F)CC1(N)CCN(C(=O)OC(C)(C)C)C1. The average Bonchev–Trinajstić information content (AvgIpc) is 2.40. The second-order valence-electron chi connectivity index (χ2n) is 6.26. The highest BCUT2D eigenvalue weighted by Gasteiger charge is 2.43. The number of rotatable bonds is 2. The Labute approximate surface area is 106 Å². The monoisotopic (exact) mass is 264 g/mol. The number of amides is 1. The van der Waals surface area contributed by atoms with E-state index in [4.69, 9.17) is 10.5 Å². The molecule has 0 aliphatic carbocycles. The molecular weight excluding hydrogens is 242 g/mol. The van der Waals surface area contributed by atoms with Crippen LogP contribution in [0, 0.1) is 0 Å². The molecule has 1 saturated heterocycles. The molecule has 6 heteroatoms. The Balaban J connectivity index is 2.58. The fourth-order valence-corrected chi connectivity index (χ4v) is 2.14. The molecule has 1 rings (SSSR count). The predicted octanol–water partition coefficient (Wildman–Crippen LogP) is 2.37. The maximum absolute atomic E-state index is 13.0. The molecule has 0 aromatic heterocycles. The third kappa shape index (κ3) is 4.76. The normalized spacial score (nSPS) is 25.4. The molecule has 1 amide bonds. The van der Waals surface area contributed by atoms with Crippen LogP contribution in [0.25, 0.3) is 0 Å². The molecule has 0 aromatic carbocycles. The van der Waals surface area contributed by atoms with Crippen LogP contribution in [0.3, 0.4) is 0 Å². The average molecular weight is 264 g/mol. The van der Waals surface area contributed by atoms with Gasteiger partial charge in [0.05, 0.1) is 0 Å². The molecular formula is C12H22F2N2O2. The molecule has 1 fully saturated rings. The molecule has 18 heavy (non-hydrogen) atoms. The number of likely N-dealkylation sites (tertiary alicyclic amines) is 1. The van der Waals surface area contributed by atoms with Gasteiger partial charge in [-0.05, 0) is 34.1 Å². The van der Waals surface area contributed by atoms with Gasteiger partial charge in [0.25, 0.3) is 0 Å². The van der Waals surface area contributed by atoms with Crippen LogP contribution in [-0.4, -0.2) is 41.1 Å². The molecule has 2 N–H and O–H groups in total. The summed E-state index contributed by atoms with van der Waals surface area (Å²) in [5.74, 6) is -2.82. The number of halogens is 2. The number of carbonyl (C=O) groups excluding carboxylic acids is 1. The standard InChI is InChI=1S/C12H22F2N2O2/c1-10(2,3)18-9(17)16-6-5-12(15,8-16)7-11(4,13)14/h5-8,15H2,1-4H3. The Morgan fingerprint density at radius 2 is 1.94 bits per heavy atom. The lowest BCUT2D eigenvalue weighted by atomic mass is 9.92. The summed E-state index contributed by atoms with van der Waals surface area (Å²) in [5.41, 5.74) is 4.30. The summed E-state index contributed by atoms with van der Waals surface area (Å²) in [6, 6.07) is 0. The van der Waals surface area contributed by atoms with Crippen LogP contribution in [-0.2, 0) is 4.74 Å². The van der Waals surface area contributed by atoms with Gasteiger partial charge in [0.1, 0.15) is 5.60 Å². The van der Waals surface area contributed by atoms with Crippen molar-refractivity contribution in [1.29, 1.82) is 0 Å². The first-order valence-electron chi connectivity index (χ1n) is 6.05. The first kappa shape index (κ1) is 15.1. The van der Waals surface area contributed by atoms with E-state index in [2.05, 4.69) is 0 Å². The van der Waals surface area contributed by atoms with E-state index in [1.807, 2.05) is 0 Å². The van der Waals surface area contributed by atoms with Crippen molar-refractivity contribution in [2.24, 2.45) is 5.73 Å². The van der Waals surface area contributed by atoms with Gasteiger partial charge in [-0.15, -0.1) is 0 Å². The molecule has 0 saturated carbocycles. The number of hydrogen-bond acceptors (Lipinski definition) is 3. The Hall–Kier alpha value is -0.910. The van der Waals surface area contributed by atoms with Gasteiger partial charge in [-0.2, -0.15) is 0 Å². The summed E-state index contributed by atoms with van der Waals surface area (Å²) >= 11 is 0. The largest absolute Gasteiger partial charge is 0.444 e. The first-order valence-corrected chi connectivity index (χ1v) is 6.05. The Bertz CT molecular complexity index is 323. The van der Waals surface area contributed by atoms with E-state index in [-0.39, 0.29) is 6.54 Å². The van der Waals surface area contributed by atoms with Crippen molar-refractivity contribution in [3.8, 4) is 0 Å². The number of carbonyl (C=O) groups is 1. The quantitative estimate of drug-likeness (QED) is 0.833. The highest BCUT2D eigenvalue weighted by atomic mass is 19.3. The Kier molecular flexibility index (Phi) is 3.91. The van der Waals surface area contributed by atoms with Gasteiger partial charge in [0.15, 0.2) is 0 Å². The van der Waals surface area contributed by atoms with E-state index >= 15 is 0 Å². The van der Waals surface area contributed by atoms with Gasteiger partial charge in [0.2, 0.25) is 5.92 Å². The minimum Gasteiger partial charge on any atom is -0.444 e. The molecule has 1 unspecified atom stereocenters. The fourth-order valence-electron chi connectivity index (χ4n) is 2.14. The van der Waals surface area contributed by atoms with E-state index < -0.39 is 29.6 Å². The number of hydrogen-bond donors (Lipinski definition) is 1. The van der Waals surface area contributed by atoms with E-state index in [1.54, 1.807) is 20.8 Å². The van der Waals surface area contributed by atoms with Gasteiger partial charge >= 0.3 is 6.09 Å². The summed E-state index contributed by atoms with van der Waals surface area (Å²) in [6.07, 6.45) is -0.538. The molecule has 0 radical (unpaired) electrons. The molecule has 4 nitrogen and oxygen atoms in total. The van der Waals surface area contributed by atoms with Crippen LogP contribution in [0.5, 0.6) is 0 Å². The molecule has 1 aliphatic rings. The van der Waals surface area contributed by atoms with Crippen LogP contribution in [0.2, 0.25) is 0 Å². The number of alkyl halides is 2. The van der Waals surface area contributed by atoms with Crippen molar-refractivity contribution in [2.45, 2.75) is 57.6 Å². The lowest BCUT2D eigenvalue weighted by molar-refractivity contribution is -0.00988. The van der Waals surface area contributed by atoms with Crippen LogP contribution >= 0.6 is 0 Å². The zero-order chi connectivity index (χ0) is 14.2. The predicted molar refractivity (Wildman–Crippen MR) is 64.6 cm³/mol. The van der Waals surface area contributed by atoms with Crippen LogP contribution in [0.15, 0.2) is 0 Å². The van der Waals surface area contributed by atoms with E-state index in [1.165, 1.54) is 4.90 Å². The second-order valence-corrected chi connectivity index (χ2v) is 6.26. The maximum Gasteiger partial charge on any atom is 0.410 e. The highest BCUT2D eigenvalue weighted by molar-refractivity contribution is 5.68. The maximum atomic E-state index is 13.0. The first-order chi connectivity index (χ1) is 7.90. The third-order valence-electron chi connectivity index (χ3n) is 2.70. The molecule has 106 valence electrons. The van der Waals surface area contributed by atoms with Crippen molar-refractivity contribution >= 4 is 6.09 Å². The van der Waals surface area contributed by atoms with E-state index in [0.717, 1.165) is 6.92 Å². The van der Waals surface area contributed by atoms with Crippen molar-refractivity contribution in [3.63, 3.8) is 0 Å². The van der Waals surface area contributed by atoms with E-state index in [0.29, 0.717) is 13.0 Å². The van der Waals surface area contributed by atoms with Crippen LogP contribution < -0.4 is 5.73 Å². The minimum atomic E-state index is -2.82. The fraction of sp³-hybridized carbons (Fsp3) is 0.917. The molecule has 0 bridgehead atoms.